The Labute approximate surface area is 153 Å². The normalized spacial score (nSPS) is 43.2. The zero-order valence-electron chi connectivity index (χ0n) is 14.7. The van der Waals surface area contributed by atoms with Gasteiger partial charge in [-0.25, -0.2) is 0 Å². The number of carboxylic acids is 1. The highest BCUT2D eigenvalue weighted by Crippen LogP contribution is 2.63. The number of carboxylic acid groups (broad SMARTS) is 1. The highest BCUT2D eigenvalue weighted by atomic mass is 32.2. The van der Waals surface area contributed by atoms with Gasteiger partial charge in [-0.15, -0.1) is 23.5 Å². The minimum Gasteiger partial charge on any atom is -0.481 e. The zero-order chi connectivity index (χ0) is 17.6. The van der Waals surface area contributed by atoms with Gasteiger partial charge in [0.15, 0.2) is 0 Å². The van der Waals surface area contributed by atoms with Crippen molar-refractivity contribution in [3.05, 3.63) is 23.8 Å². The minimum absolute atomic E-state index is 0.123. The van der Waals surface area contributed by atoms with Gasteiger partial charge < -0.3 is 10.2 Å². The van der Waals surface area contributed by atoms with Gasteiger partial charge in [-0.1, -0.05) is 32.1 Å². The van der Waals surface area contributed by atoms with E-state index in [1.54, 1.807) is 0 Å². The Morgan fingerprint density at radius 1 is 1.33 bits per heavy atom. The van der Waals surface area contributed by atoms with E-state index < -0.39 is 17.0 Å². The molecule has 3 nitrogen and oxygen atoms in total. The molecule has 2 aliphatic carbocycles. The Hall–Kier alpha value is -0.390. The molecule has 0 aromatic carbocycles. The van der Waals surface area contributed by atoms with Gasteiger partial charge in [0.05, 0.1) is 11.0 Å². The maximum absolute atomic E-state index is 12.0. The first-order valence-corrected chi connectivity index (χ1v) is 10.9. The number of carbonyl (C=O) groups is 1. The van der Waals surface area contributed by atoms with Gasteiger partial charge in [0, 0.05) is 5.41 Å². The fraction of sp³-hybridized carbons (Fsp3) is 0.737. The van der Waals surface area contributed by atoms with Crippen LogP contribution in [0.4, 0.5) is 0 Å². The summed E-state index contributed by atoms with van der Waals surface area (Å²) in [6, 6.07) is 0. The molecule has 24 heavy (non-hydrogen) atoms. The number of hydrogen-bond acceptors (Lipinski definition) is 4. The number of aliphatic carboxylic acids is 1. The van der Waals surface area contributed by atoms with Crippen molar-refractivity contribution in [3.8, 4) is 0 Å². The number of thioether (sulfide) groups is 2. The highest BCUT2D eigenvalue weighted by molar-refractivity contribution is 8.17. The maximum Gasteiger partial charge on any atom is 0.304 e. The molecule has 3 rings (SSSR count). The van der Waals surface area contributed by atoms with Crippen LogP contribution in [-0.2, 0) is 4.79 Å². The van der Waals surface area contributed by atoms with Crippen LogP contribution >= 0.6 is 23.5 Å². The van der Waals surface area contributed by atoms with Crippen LogP contribution in [0.25, 0.3) is 0 Å². The van der Waals surface area contributed by atoms with Crippen LogP contribution in [0.1, 0.15) is 46.5 Å². The Bertz CT molecular complexity index is 581. The molecule has 1 saturated heterocycles. The van der Waals surface area contributed by atoms with Crippen LogP contribution in [0.3, 0.4) is 0 Å². The molecule has 0 spiro atoms. The van der Waals surface area contributed by atoms with E-state index in [4.69, 9.17) is 0 Å². The van der Waals surface area contributed by atoms with Crippen molar-refractivity contribution in [1.82, 2.24) is 0 Å². The second-order valence-corrected chi connectivity index (χ2v) is 10.7. The third kappa shape index (κ3) is 2.67. The van der Waals surface area contributed by atoms with Gasteiger partial charge in [0.1, 0.15) is 5.60 Å². The van der Waals surface area contributed by atoms with E-state index in [0.717, 1.165) is 29.9 Å². The summed E-state index contributed by atoms with van der Waals surface area (Å²) in [5, 5.41) is 21.4. The quantitative estimate of drug-likeness (QED) is 0.726. The Morgan fingerprint density at radius 2 is 2.00 bits per heavy atom. The summed E-state index contributed by atoms with van der Waals surface area (Å²) in [5.41, 5.74) is -0.544. The molecular weight excluding hydrogens is 340 g/mol. The average Bonchev–Trinajstić information content (AvgIpc) is 2.52. The van der Waals surface area contributed by atoms with Gasteiger partial charge in [0.25, 0.3) is 0 Å². The Kier molecular flexibility index (Phi) is 4.91. The largest absolute Gasteiger partial charge is 0.481 e. The fourth-order valence-electron chi connectivity index (χ4n) is 5.10. The van der Waals surface area contributed by atoms with Crippen molar-refractivity contribution >= 4 is 29.5 Å². The van der Waals surface area contributed by atoms with Gasteiger partial charge in [-0.2, -0.15) is 0 Å². The second-order valence-electron chi connectivity index (χ2n) is 7.97. The van der Waals surface area contributed by atoms with Crippen LogP contribution in [-0.4, -0.2) is 37.9 Å². The van der Waals surface area contributed by atoms with E-state index >= 15 is 0 Å². The molecule has 0 bridgehead atoms. The molecule has 134 valence electrons. The lowest BCUT2D eigenvalue weighted by molar-refractivity contribution is -0.145. The van der Waals surface area contributed by atoms with Crippen LogP contribution in [0, 0.1) is 16.7 Å². The van der Waals surface area contributed by atoms with Crippen molar-refractivity contribution in [2.45, 2.75) is 56.6 Å². The van der Waals surface area contributed by atoms with Gasteiger partial charge in [-0.05, 0) is 54.6 Å². The standard InChI is InChI=1S/C19H28O3S2/c1-13-6-7-14-17(2,12-15(20)21)8-4-9-18(14,3)19(13,22)16-23-10-5-11-24-16/h4,6,8,14,16,22H,5,7,9-12H2,1-3H3,(H,20,21)/t14-,17?,18-,19+/m0/s1. The molecule has 3 aliphatic rings. The van der Waals surface area contributed by atoms with Crippen molar-refractivity contribution in [1.29, 1.82) is 0 Å². The topological polar surface area (TPSA) is 57.5 Å². The highest BCUT2D eigenvalue weighted by Gasteiger charge is 2.62. The lowest BCUT2D eigenvalue weighted by Crippen LogP contribution is -2.62. The summed E-state index contributed by atoms with van der Waals surface area (Å²) in [7, 11) is 0. The minimum atomic E-state index is -0.879. The van der Waals surface area contributed by atoms with Gasteiger partial charge >= 0.3 is 5.97 Å². The van der Waals surface area contributed by atoms with Crippen molar-refractivity contribution in [3.63, 3.8) is 0 Å². The number of aliphatic hydroxyl groups is 1. The molecule has 4 atom stereocenters. The lowest BCUT2D eigenvalue weighted by Gasteiger charge is -2.61. The lowest BCUT2D eigenvalue weighted by atomic mass is 9.48. The van der Waals surface area contributed by atoms with E-state index in [2.05, 4.69) is 39.0 Å². The van der Waals surface area contributed by atoms with Crippen molar-refractivity contribution < 1.29 is 15.0 Å². The van der Waals surface area contributed by atoms with Crippen LogP contribution < -0.4 is 0 Å². The summed E-state index contributed by atoms with van der Waals surface area (Å²) < 4.78 is 0.135. The van der Waals surface area contributed by atoms with Crippen molar-refractivity contribution in [2.24, 2.45) is 16.7 Å². The van der Waals surface area contributed by atoms with Crippen molar-refractivity contribution in [2.75, 3.05) is 11.5 Å². The molecule has 2 N–H and O–H groups in total. The Morgan fingerprint density at radius 3 is 2.62 bits per heavy atom. The van der Waals surface area contributed by atoms with Crippen LogP contribution in [0.5, 0.6) is 0 Å². The summed E-state index contributed by atoms with van der Waals surface area (Å²) in [5.74, 6) is 1.57. The maximum atomic E-state index is 12.0. The van der Waals surface area contributed by atoms with Crippen LogP contribution in [0.15, 0.2) is 23.8 Å². The third-order valence-corrected chi connectivity index (χ3v) is 9.59. The number of allylic oxidation sites excluding steroid dienone is 3. The van der Waals surface area contributed by atoms with Gasteiger partial charge in [0.2, 0.25) is 0 Å². The monoisotopic (exact) mass is 368 g/mol. The predicted octanol–water partition coefficient (Wildman–Crippen LogP) is 4.33. The second kappa shape index (κ2) is 6.40. The first-order chi connectivity index (χ1) is 11.2. The van der Waals surface area contributed by atoms with E-state index in [1.165, 1.54) is 6.42 Å². The molecule has 0 amide bonds. The third-order valence-electron chi connectivity index (χ3n) is 6.44. The molecule has 5 heteroatoms. The van der Waals surface area contributed by atoms with Crippen LogP contribution in [0.2, 0.25) is 0 Å². The number of rotatable bonds is 3. The predicted molar refractivity (Wildman–Crippen MR) is 102 cm³/mol. The molecule has 1 aliphatic heterocycles. The molecule has 0 aromatic heterocycles. The Balaban J connectivity index is 2.05. The molecular formula is C19H28O3S2. The molecule has 1 unspecified atom stereocenters. The first kappa shape index (κ1) is 18.4. The molecule has 0 radical (unpaired) electrons. The SMILES string of the molecule is CC1=CC[C@H]2C(C)(CC(=O)O)C=CC[C@]2(C)[C@]1(O)C1SCCCS1. The number of fused-ring (bicyclic) bond motifs is 1. The number of hydrogen-bond donors (Lipinski definition) is 2. The fourth-order valence-corrected chi connectivity index (χ4v) is 8.69. The summed E-state index contributed by atoms with van der Waals surface area (Å²) in [6.45, 7) is 6.30. The average molecular weight is 369 g/mol. The smallest absolute Gasteiger partial charge is 0.304 e. The van der Waals surface area contributed by atoms with E-state index in [1.807, 2.05) is 23.5 Å². The first-order valence-electron chi connectivity index (χ1n) is 8.76. The van der Waals surface area contributed by atoms with Gasteiger partial charge in [-0.3, -0.25) is 4.79 Å². The van der Waals surface area contributed by atoms with E-state index in [0.29, 0.717) is 0 Å². The summed E-state index contributed by atoms with van der Waals surface area (Å²) in [6.07, 6.45) is 9.35. The molecule has 1 fully saturated rings. The molecule has 1 heterocycles. The molecule has 0 aromatic rings. The summed E-state index contributed by atoms with van der Waals surface area (Å²) in [4.78, 5) is 11.5. The summed E-state index contributed by atoms with van der Waals surface area (Å²) >= 11 is 3.74. The van der Waals surface area contributed by atoms with E-state index in [9.17, 15) is 15.0 Å². The van der Waals surface area contributed by atoms with E-state index in [-0.39, 0.29) is 22.3 Å². The molecule has 0 saturated carbocycles. The zero-order valence-corrected chi connectivity index (χ0v) is 16.4.